The highest BCUT2D eigenvalue weighted by atomic mass is 79.9. The quantitative estimate of drug-likeness (QED) is 0.918. The van der Waals surface area contributed by atoms with Crippen molar-refractivity contribution < 1.29 is 4.79 Å². The largest absolute Gasteiger partial charge is 0.322 e. The topological polar surface area (TPSA) is 42.0 Å². The SMILES string of the molecule is O=C(Nc1ccc(Br)cc1)c1cnccc1Cl. The van der Waals surface area contributed by atoms with Crippen LogP contribution in [-0.2, 0) is 0 Å². The molecule has 17 heavy (non-hydrogen) atoms. The Labute approximate surface area is 112 Å². The second-order valence-corrected chi connectivity index (χ2v) is 4.64. The first kappa shape index (κ1) is 12.1. The highest BCUT2D eigenvalue weighted by Gasteiger charge is 2.10. The van der Waals surface area contributed by atoms with Gasteiger partial charge in [-0.1, -0.05) is 27.5 Å². The summed E-state index contributed by atoms with van der Waals surface area (Å²) in [6.45, 7) is 0. The number of carbonyl (C=O) groups is 1. The average Bonchev–Trinajstić information content (AvgIpc) is 2.32. The zero-order chi connectivity index (χ0) is 12.3. The number of nitrogens with zero attached hydrogens (tertiary/aromatic N) is 1. The number of aromatic nitrogens is 1. The Kier molecular flexibility index (Phi) is 3.76. The van der Waals surface area contributed by atoms with Crippen molar-refractivity contribution in [1.82, 2.24) is 4.98 Å². The number of pyridine rings is 1. The van der Waals surface area contributed by atoms with E-state index < -0.39 is 0 Å². The highest BCUT2D eigenvalue weighted by Crippen LogP contribution is 2.17. The Morgan fingerprint density at radius 2 is 1.94 bits per heavy atom. The fourth-order valence-corrected chi connectivity index (χ4v) is 1.73. The molecule has 1 N–H and O–H groups in total. The Hall–Kier alpha value is -1.39. The third-order valence-corrected chi connectivity index (χ3v) is 2.97. The molecular weight excluding hydrogens is 304 g/mol. The summed E-state index contributed by atoms with van der Waals surface area (Å²) >= 11 is 9.23. The zero-order valence-electron chi connectivity index (χ0n) is 8.65. The van der Waals surface area contributed by atoms with Crippen LogP contribution in [-0.4, -0.2) is 10.9 Å². The monoisotopic (exact) mass is 310 g/mol. The molecule has 0 aliphatic rings. The molecule has 86 valence electrons. The van der Waals surface area contributed by atoms with Crippen LogP contribution in [0.4, 0.5) is 5.69 Å². The van der Waals surface area contributed by atoms with Gasteiger partial charge in [-0.25, -0.2) is 0 Å². The maximum Gasteiger partial charge on any atom is 0.258 e. The van der Waals surface area contributed by atoms with Crippen LogP contribution in [0.1, 0.15) is 10.4 Å². The van der Waals surface area contributed by atoms with Crippen LogP contribution in [0.5, 0.6) is 0 Å². The normalized spacial score (nSPS) is 10.0. The van der Waals surface area contributed by atoms with Gasteiger partial charge in [0.1, 0.15) is 0 Å². The third kappa shape index (κ3) is 3.05. The van der Waals surface area contributed by atoms with Crippen molar-refractivity contribution in [3.05, 3.63) is 57.8 Å². The minimum Gasteiger partial charge on any atom is -0.322 e. The summed E-state index contributed by atoms with van der Waals surface area (Å²) in [4.78, 5) is 15.7. The number of rotatable bonds is 2. The molecule has 0 fully saturated rings. The van der Waals surface area contributed by atoms with Crippen LogP contribution in [0.3, 0.4) is 0 Å². The lowest BCUT2D eigenvalue weighted by atomic mass is 10.2. The molecule has 0 saturated heterocycles. The molecule has 1 amide bonds. The highest BCUT2D eigenvalue weighted by molar-refractivity contribution is 9.10. The predicted octanol–water partition coefficient (Wildman–Crippen LogP) is 3.75. The number of hydrogen-bond acceptors (Lipinski definition) is 2. The number of benzene rings is 1. The number of carbonyl (C=O) groups excluding carboxylic acids is 1. The first-order valence-electron chi connectivity index (χ1n) is 4.83. The van der Waals surface area contributed by atoms with E-state index in [4.69, 9.17) is 11.6 Å². The Morgan fingerprint density at radius 1 is 1.24 bits per heavy atom. The van der Waals surface area contributed by atoms with Gasteiger partial charge in [-0.3, -0.25) is 9.78 Å². The molecular formula is C12H8BrClN2O. The molecule has 2 aromatic rings. The van der Waals surface area contributed by atoms with E-state index in [1.807, 2.05) is 12.1 Å². The van der Waals surface area contributed by atoms with E-state index in [9.17, 15) is 4.79 Å². The second-order valence-electron chi connectivity index (χ2n) is 3.32. The van der Waals surface area contributed by atoms with Gasteiger partial charge in [0, 0.05) is 22.6 Å². The van der Waals surface area contributed by atoms with E-state index in [0.717, 1.165) is 4.47 Å². The van der Waals surface area contributed by atoms with Crippen LogP contribution in [0.2, 0.25) is 5.02 Å². The van der Waals surface area contributed by atoms with E-state index in [2.05, 4.69) is 26.2 Å². The molecule has 1 aromatic heterocycles. The van der Waals surface area contributed by atoms with Crippen LogP contribution in [0.15, 0.2) is 47.2 Å². The van der Waals surface area contributed by atoms with E-state index in [1.54, 1.807) is 24.4 Å². The number of anilines is 1. The number of nitrogens with one attached hydrogen (secondary N) is 1. The number of hydrogen-bond donors (Lipinski definition) is 1. The smallest absolute Gasteiger partial charge is 0.258 e. The molecule has 0 aliphatic heterocycles. The van der Waals surface area contributed by atoms with Gasteiger partial charge in [0.05, 0.1) is 10.6 Å². The lowest BCUT2D eigenvalue weighted by Crippen LogP contribution is -2.12. The Bertz CT molecular complexity index is 542. The van der Waals surface area contributed by atoms with Crippen LogP contribution in [0.25, 0.3) is 0 Å². The van der Waals surface area contributed by atoms with Gasteiger partial charge in [-0.2, -0.15) is 0 Å². The van der Waals surface area contributed by atoms with Gasteiger partial charge >= 0.3 is 0 Å². The van der Waals surface area contributed by atoms with Gasteiger partial charge in [-0.15, -0.1) is 0 Å². The summed E-state index contributed by atoms with van der Waals surface area (Å²) in [6, 6.07) is 8.87. The third-order valence-electron chi connectivity index (χ3n) is 2.11. The summed E-state index contributed by atoms with van der Waals surface area (Å²) < 4.78 is 0.954. The molecule has 0 radical (unpaired) electrons. The van der Waals surface area contributed by atoms with Crippen molar-refractivity contribution in [2.75, 3.05) is 5.32 Å². The Balaban J connectivity index is 2.17. The lowest BCUT2D eigenvalue weighted by molar-refractivity contribution is 0.102. The maximum atomic E-state index is 11.9. The molecule has 0 aliphatic carbocycles. The molecule has 0 unspecified atom stereocenters. The predicted molar refractivity (Wildman–Crippen MR) is 71.3 cm³/mol. The molecule has 5 heteroatoms. The van der Waals surface area contributed by atoms with E-state index in [1.165, 1.54) is 6.20 Å². The van der Waals surface area contributed by atoms with Gasteiger partial charge in [0.25, 0.3) is 5.91 Å². The molecule has 0 bridgehead atoms. The van der Waals surface area contributed by atoms with Crippen molar-refractivity contribution in [3.63, 3.8) is 0 Å². The van der Waals surface area contributed by atoms with E-state index in [-0.39, 0.29) is 5.91 Å². The Morgan fingerprint density at radius 3 is 2.59 bits per heavy atom. The van der Waals surface area contributed by atoms with Crippen molar-refractivity contribution >= 4 is 39.1 Å². The zero-order valence-corrected chi connectivity index (χ0v) is 11.0. The van der Waals surface area contributed by atoms with E-state index >= 15 is 0 Å². The number of amides is 1. The first-order chi connectivity index (χ1) is 8.16. The van der Waals surface area contributed by atoms with Crippen LogP contribution in [0, 0.1) is 0 Å². The van der Waals surface area contributed by atoms with E-state index in [0.29, 0.717) is 16.3 Å². The van der Waals surface area contributed by atoms with Gasteiger partial charge < -0.3 is 5.32 Å². The van der Waals surface area contributed by atoms with Gasteiger partial charge in [-0.05, 0) is 30.3 Å². The molecule has 0 atom stereocenters. The van der Waals surface area contributed by atoms with Gasteiger partial charge in [0.15, 0.2) is 0 Å². The van der Waals surface area contributed by atoms with Crippen molar-refractivity contribution in [1.29, 1.82) is 0 Å². The summed E-state index contributed by atoms with van der Waals surface area (Å²) in [5.41, 5.74) is 1.07. The standard InChI is InChI=1S/C12H8BrClN2O/c13-8-1-3-9(4-2-8)16-12(17)10-7-15-6-5-11(10)14/h1-7H,(H,16,17). The summed E-state index contributed by atoms with van der Waals surface area (Å²) in [7, 11) is 0. The minimum absolute atomic E-state index is 0.273. The first-order valence-corrected chi connectivity index (χ1v) is 6.00. The average molecular weight is 312 g/mol. The molecule has 0 spiro atoms. The molecule has 1 heterocycles. The fourth-order valence-electron chi connectivity index (χ4n) is 1.28. The minimum atomic E-state index is -0.273. The molecule has 2 rings (SSSR count). The van der Waals surface area contributed by atoms with Gasteiger partial charge in [0.2, 0.25) is 0 Å². The van der Waals surface area contributed by atoms with Crippen LogP contribution < -0.4 is 5.32 Å². The molecule has 3 nitrogen and oxygen atoms in total. The maximum absolute atomic E-state index is 11.9. The molecule has 1 aromatic carbocycles. The molecule has 0 saturated carbocycles. The van der Waals surface area contributed by atoms with Crippen molar-refractivity contribution in [3.8, 4) is 0 Å². The second kappa shape index (κ2) is 5.29. The summed E-state index contributed by atoms with van der Waals surface area (Å²) in [5, 5.41) is 3.13. The lowest BCUT2D eigenvalue weighted by Gasteiger charge is -2.06. The summed E-state index contributed by atoms with van der Waals surface area (Å²) in [5.74, 6) is -0.273. The summed E-state index contributed by atoms with van der Waals surface area (Å²) in [6.07, 6.45) is 2.98. The van der Waals surface area contributed by atoms with Crippen molar-refractivity contribution in [2.24, 2.45) is 0 Å². The van der Waals surface area contributed by atoms with Crippen LogP contribution >= 0.6 is 27.5 Å². The fraction of sp³-hybridized carbons (Fsp3) is 0. The number of halogens is 2. The van der Waals surface area contributed by atoms with Crippen molar-refractivity contribution in [2.45, 2.75) is 0 Å².